The molecule has 4 rings (SSSR count). The van der Waals surface area contributed by atoms with Gasteiger partial charge in [0.25, 0.3) is 0 Å². The Labute approximate surface area is 176 Å². The maximum atomic E-state index is 14.1. The molecule has 0 radical (unpaired) electrons. The van der Waals surface area contributed by atoms with Crippen molar-refractivity contribution in [3.63, 3.8) is 0 Å². The molecule has 0 aromatic heterocycles. The number of rotatable bonds is 3. The lowest BCUT2D eigenvalue weighted by atomic mass is 9.74. The summed E-state index contributed by atoms with van der Waals surface area (Å²) in [6.07, 6.45) is 0. The predicted molar refractivity (Wildman–Crippen MR) is 130 cm³/mol. The highest BCUT2D eigenvalue weighted by molar-refractivity contribution is 6.90. The van der Waals surface area contributed by atoms with E-state index in [4.69, 9.17) is 0 Å². The Hall–Kier alpha value is -2.24. The minimum Gasteiger partial charge on any atom is -0.289 e. The second-order valence-electron chi connectivity index (χ2n) is 10.2. The quantitative estimate of drug-likeness (QED) is 0.404. The number of hydrogen-bond donors (Lipinski definition) is 0. The Kier molecular flexibility index (Phi) is 4.79. The Morgan fingerprint density at radius 2 is 1.03 bits per heavy atom. The summed E-state index contributed by atoms with van der Waals surface area (Å²) in [5.41, 5.74) is 5.60. The zero-order valence-corrected chi connectivity index (χ0v) is 20.3. The number of ketones is 1. The summed E-state index contributed by atoms with van der Waals surface area (Å²) in [4.78, 5) is 14.1. The van der Waals surface area contributed by atoms with Crippen LogP contribution in [0.25, 0.3) is 0 Å². The van der Waals surface area contributed by atoms with Crippen LogP contribution in [-0.2, 0) is 0 Å². The van der Waals surface area contributed by atoms with Crippen LogP contribution in [0.4, 0.5) is 0 Å². The lowest BCUT2D eigenvalue weighted by molar-refractivity contribution is 0.103. The molecule has 0 atom stereocenters. The molecule has 3 aromatic rings. The number of benzene rings is 3. The molecule has 3 heteroatoms. The molecule has 1 aliphatic carbocycles. The van der Waals surface area contributed by atoms with Gasteiger partial charge in [0.1, 0.15) is 0 Å². The lowest BCUT2D eigenvalue weighted by Crippen LogP contribution is -2.47. The van der Waals surface area contributed by atoms with Crippen molar-refractivity contribution >= 4 is 32.3 Å². The minimum atomic E-state index is -1.68. The van der Waals surface area contributed by atoms with Crippen LogP contribution >= 0.6 is 0 Å². The van der Waals surface area contributed by atoms with E-state index in [9.17, 15) is 4.79 Å². The van der Waals surface area contributed by atoms with Gasteiger partial charge in [-0.15, -0.1) is 0 Å². The monoisotopic (exact) mass is 414 g/mol. The van der Waals surface area contributed by atoms with Gasteiger partial charge in [-0.1, -0.05) is 106 Å². The number of carbonyl (C=O) groups excluding carboxylic acids is 1. The zero-order valence-electron chi connectivity index (χ0n) is 18.3. The Balaban J connectivity index is 2.12. The topological polar surface area (TPSA) is 17.1 Å². The molecule has 148 valence electrons. The number of carbonyl (C=O) groups is 1. The van der Waals surface area contributed by atoms with Gasteiger partial charge in [-0.2, -0.15) is 0 Å². The van der Waals surface area contributed by atoms with Gasteiger partial charge in [0.2, 0.25) is 0 Å². The van der Waals surface area contributed by atoms with E-state index in [1.807, 2.05) is 0 Å². The fraction of sp³-hybridized carbons (Fsp3) is 0.269. The van der Waals surface area contributed by atoms with Crippen LogP contribution in [0.2, 0.25) is 39.3 Å². The molecule has 1 aliphatic rings. The van der Waals surface area contributed by atoms with Crippen molar-refractivity contribution in [1.29, 1.82) is 0 Å². The highest BCUT2D eigenvalue weighted by atomic mass is 28.3. The van der Waals surface area contributed by atoms with Crippen molar-refractivity contribution in [2.75, 3.05) is 0 Å². The predicted octanol–water partition coefficient (Wildman–Crippen LogP) is 5.50. The average molecular weight is 415 g/mol. The molecule has 0 amide bonds. The van der Waals surface area contributed by atoms with Gasteiger partial charge in [0.15, 0.2) is 5.78 Å². The highest BCUT2D eigenvalue weighted by Crippen LogP contribution is 2.40. The standard InChI is InChI=1S/C26H30OSi2/c1-28(2,3)21-16-10-14-19-23(18-12-8-7-9-13-18)20-15-11-17-22(29(4,5)6)25(20)26(27)24(19)21/h7-17,23H,1-6H3. The van der Waals surface area contributed by atoms with Crippen LogP contribution in [0.1, 0.15) is 38.5 Å². The fourth-order valence-corrected chi connectivity index (χ4v) is 7.88. The third kappa shape index (κ3) is 3.36. The van der Waals surface area contributed by atoms with Gasteiger partial charge in [0, 0.05) is 17.0 Å². The molecule has 0 saturated heterocycles. The lowest BCUT2D eigenvalue weighted by Gasteiger charge is -2.34. The van der Waals surface area contributed by atoms with E-state index in [-0.39, 0.29) is 11.7 Å². The van der Waals surface area contributed by atoms with E-state index < -0.39 is 16.1 Å². The van der Waals surface area contributed by atoms with E-state index in [0.29, 0.717) is 0 Å². The van der Waals surface area contributed by atoms with Crippen molar-refractivity contribution in [3.8, 4) is 0 Å². The van der Waals surface area contributed by atoms with Gasteiger partial charge < -0.3 is 0 Å². The van der Waals surface area contributed by atoms with Gasteiger partial charge in [-0.3, -0.25) is 4.79 Å². The molecule has 0 fully saturated rings. The van der Waals surface area contributed by atoms with Crippen molar-refractivity contribution in [1.82, 2.24) is 0 Å². The number of fused-ring (bicyclic) bond motifs is 2. The second-order valence-corrected chi connectivity index (χ2v) is 20.3. The van der Waals surface area contributed by atoms with Crippen molar-refractivity contribution < 1.29 is 4.79 Å². The number of hydrogen-bond acceptors (Lipinski definition) is 1. The zero-order chi connectivity index (χ0) is 21.0. The Bertz CT molecular complexity index is 1020. The smallest absolute Gasteiger partial charge is 0.193 e. The van der Waals surface area contributed by atoms with Crippen LogP contribution < -0.4 is 10.4 Å². The summed E-state index contributed by atoms with van der Waals surface area (Å²) in [7, 11) is -3.36. The fourth-order valence-electron chi connectivity index (χ4n) is 4.68. The molecule has 0 saturated carbocycles. The summed E-state index contributed by atoms with van der Waals surface area (Å²) in [6.45, 7) is 14.0. The molecule has 0 spiro atoms. The van der Waals surface area contributed by atoms with E-state index in [1.165, 1.54) is 27.1 Å². The summed E-state index contributed by atoms with van der Waals surface area (Å²) in [6, 6.07) is 23.8. The minimum absolute atomic E-state index is 0.117. The summed E-state index contributed by atoms with van der Waals surface area (Å²) < 4.78 is 0. The SMILES string of the molecule is C[Si](C)(C)c1cccc2c1C(=O)c1c(cccc1[Si](C)(C)C)C2c1ccccc1. The van der Waals surface area contributed by atoms with Gasteiger partial charge in [-0.25, -0.2) is 0 Å². The van der Waals surface area contributed by atoms with E-state index >= 15 is 0 Å². The van der Waals surface area contributed by atoms with Gasteiger partial charge in [-0.05, 0) is 27.1 Å². The largest absolute Gasteiger partial charge is 0.289 e. The van der Waals surface area contributed by atoms with Crippen LogP contribution in [0.5, 0.6) is 0 Å². The van der Waals surface area contributed by atoms with E-state index in [2.05, 4.69) is 106 Å². The van der Waals surface area contributed by atoms with Crippen molar-refractivity contribution in [2.24, 2.45) is 0 Å². The molecular formula is C26H30OSi2. The molecule has 0 heterocycles. The van der Waals surface area contributed by atoms with Gasteiger partial charge >= 0.3 is 0 Å². The Morgan fingerprint density at radius 3 is 1.45 bits per heavy atom. The Morgan fingerprint density at radius 1 is 0.586 bits per heavy atom. The molecule has 29 heavy (non-hydrogen) atoms. The summed E-state index contributed by atoms with van der Waals surface area (Å²) >= 11 is 0. The maximum absolute atomic E-state index is 14.1. The van der Waals surface area contributed by atoms with Crippen LogP contribution in [0.3, 0.4) is 0 Å². The first kappa shape index (κ1) is 20.1. The first-order valence-electron chi connectivity index (χ1n) is 10.5. The maximum Gasteiger partial charge on any atom is 0.193 e. The molecule has 3 aromatic carbocycles. The van der Waals surface area contributed by atoms with Crippen LogP contribution in [0, 0.1) is 0 Å². The van der Waals surface area contributed by atoms with Crippen LogP contribution in [0.15, 0.2) is 66.7 Å². The van der Waals surface area contributed by atoms with E-state index in [1.54, 1.807) is 0 Å². The van der Waals surface area contributed by atoms with Crippen molar-refractivity contribution in [2.45, 2.75) is 45.2 Å². The first-order valence-corrected chi connectivity index (χ1v) is 17.5. The van der Waals surface area contributed by atoms with Crippen molar-refractivity contribution in [3.05, 3.63) is 94.5 Å². The van der Waals surface area contributed by atoms with E-state index in [0.717, 1.165) is 11.1 Å². The average Bonchev–Trinajstić information content (AvgIpc) is 2.66. The molecular weight excluding hydrogens is 384 g/mol. The summed E-state index contributed by atoms with van der Waals surface area (Å²) in [5, 5.41) is 2.58. The molecule has 0 N–H and O–H groups in total. The summed E-state index contributed by atoms with van der Waals surface area (Å²) in [5.74, 6) is 0.365. The first-order chi connectivity index (χ1) is 13.6. The normalized spacial score (nSPS) is 14.5. The van der Waals surface area contributed by atoms with Gasteiger partial charge in [0.05, 0.1) is 16.1 Å². The third-order valence-electron chi connectivity index (χ3n) is 6.02. The second kappa shape index (κ2) is 6.93. The third-order valence-corrected chi connectivity index (χ3v) is 10.1. The molecule has 0 unspecified atom stereocenters. The molecule has 0 bridgehead atoms. The molecule has 0 aliphatic heterocycles. The van der Waals surface area contributed by atoms with Crippen LogP contribution in [-0.4, -0.2) is 21.9 Å². The molecule has 1 nitrogen and oxygen atoms in total. The highest BCUT2D eigenvalue weighted by Gasteiger charge is 2.38.